The van der Waals surface area contributed by atoms with Crippen LogP contribution in [0.25, 0.3) is 0 Å². The Kier molecular flexibility index (Phi) is 63.3. The fourth-order valence-corrected chi connectivity index (χ4v) is 9.24. The highest BCUT2D eigenvalue weighted by Crippen LogP contribution is 2.16. The zero-order chi connectivity index (χ0) is 57.1. The summed E-state index contributed by atoms with van der Waals surface area (Å²) in [6.45, 7) is 6.51. The van der Waals surface area contributed by atoms with E-state index >= 15 is 0 Å². The monoisotopic (exact) mass is 1100 g/mol. The molecule has 0 amide bonds. The molecular weight excluding hydrogens is 973 g/mol. The summed E-state index contributed by atoms with van der Waals surface area (Å²) in [6, 6.07) is 0. The minimum atomic E-state index is -0.792. The summed E-state index contributed by atoms with van der Waals surface area (Å²) in [7, 11) is 0. The van der Waals surface area contributed by atoms with Gasteiger partial charge in [-0.05, 0) is 128 Å². The summed E-state index contributed by atoms with van der Waals surface area (Å²) in [5.74, 6) is -0.902. The quantitative estimate of drug-likeness (QED) is 0.0261. The molecule has 0 fully saturated rings. The molecule has 0 radical (unpaired) electrons. The average molecular weight is 1100 g/mol. The Labute approximate surface area is 489 Å². The predicted molar refractivity (Wildman–Crippen MR) is 343 cm³/mol. The lowest BCUT2D eigenvalue weighted by Gasteiger charge is -2.18. The largest absolute Gasteiger partial charge is 0.462 e. The van der Waals surface area contributed by atoms with E-state index in [2.05, 4.69) is 130 Å². The van der Waals surface area contributed by atoms with Crippen LogP contribution in [-0.2, 0) is 28.6 Å². The van der Waals surface area contributed by atoms with E-state index in [-0.39, 0.29) is 31.1 Å². The topological polar surface area (TPSA) is 78.9 Å². The molecule has 0 spiro atoms. The lowest BCUT2D eigenvalue weighted by molar-refractivity contribution is -0.167. The van der Waals surface area contributed by atoms with Gasteiger partial charge in [0.15, 0.2) is 6.10 Å². The molecule has 452 valence electrons. The van der Waals surface area contributed by atoms with Crippen LogP contribution in [0, 0.1) is 0 Å². The minimum Gasteiger partial charge on any atom is -0.462 e. The van der Waals surface area contributed by atoms with E-state index in [1.807, 2.05) is 0 Å². The Hall–Kier alpha value is -3.93. The molecule has 1 unspecified atom stereocenters. The average Bonchev–Trinajstić information content (AvgIpc) is 3.45. The Bertz CT molecular complexity index is 1590. The molecule has 6 nitrogen and oxygen atoms in total. The van der Waals surface area contributed by atoms with Gasteiger partial charge >= 0.3 is 17.9 Å². The maximum atomic E-state index is 12.9. The number of hydrogen-bond donors (Lipinski definition) is 0. The molecule has 0 aliphatic heterocycles. The second kappa shape index (κ2) is 66.6. The zero-order valence-electron chi connectivity index (χ0n) is 51.9. The van der Waals surface area contributed by atoms with Gasteiger partial charge in [0.1, 0.15) is 13.2 Å². The lowest BCUT2D eigenvalue weighted by atomic mass is 10.1. The van der Waals surface area contributed by atoms with Gasteiger partial charge in [-0.2, -0.15) is 0 Å². The molecule has 0 aliphatic carbocycles. The van der Waals surface area contributed by atoms with E-state index in [0.717, 1.165) is 122 Å². The Morgan fingerprint density at radius 2 is 0.494 bits per heavy atom. The first kappa shape index (κ1) is 75.1. The van der Waals surface area contributed by atoms with Gasteiger partial charge < -0.3 is 14.2 Å². The van der Waals surface area contributed by atoms with Crippen molar-refractivity contribution in [2.24, 2.45) is 0 Å². The van der Waals surface area contributed by atoms with Gasteiger partial charge in [0, 0.05) is 19.3 Å². The Morgan fingerprint density at radius 1 is 0.266 bits per heavy atom. The highest BCUT2D eigenvalue weighted by Gasteiger charge is 2.19. The summed E-state index contributed by atoms with van der Waals surface area (Å²) < 4.78 is 16.9. The Balaban J connectivity index is 4.38. The van der Waals surface area contributed by atoms with Crippen LogP contribution in [0.15, 0.2) is 109 Å². The number of allylic oxidation sites excluding steroid dienone is 18. The first-order valence-electron chi connectivity index (χ1n) is 33.4. The van der Waals surface area contributed by atoms with Crippen molar-refractivity contribution < 1.29 is 28.6 Å². The standard InChI is InChI=1S/C73H124O6/c1-4-7-10-13-16-19-22-25-28-31-33-34-35-36-37-38-39-40-41-43-45-48-51-54-57-60-63-66-72(75)78-69-70(68-77-71(74)65-62-59-56-53-50-47-44-30-27-24-21-18-15-12-9-6-3)79-73(76)67-64-61-58-55-52-49-46-42-32-29-26-23-20-17-14-11-8-5-2/h7,10,16,19-20,23,25,28-30,32-34,36-37,39-40,44,70H,4-6,8-9,11-15,17-18,21-22,24,26-27,31,35,38,41-43,45-69H2,1-3H3/b10-7-,19-16-,23-20-,28-25-,32-29-,34-33-,37-36-,40-39-,44-30-. The summed E-state index contributed by atoms with van der Waals surface area (Å²) in [6.07, 6.45) is 90.9. The molecule has 0 aromatic rings. The van der Waals surface area contributed by atoms with Crippen molar-refractivity contribution in [3.63, 3.8) is 0 Å². The second-order valence-electron chi connectivity index (χ2n) is 22.0. The molecule has 0 aromatic heterocycles. The number of hydrogen-bond acceptors (Lipinski definition) is 6. The van der Waals surface area contributed by atoms with E-state index in [1.165, 1.54) is 154 Å². The van der Waals surface area contributed by atoms with Crippen molar-refractivity contribution >= 4 is 17.9 Å². The lowest BCUT2D eigenvalue weighted by Crippen LogP contribution is -2.30. The highest BCUT2D eigenvalue weighted by molar-refractivity contribution is 5.71. The van der Waals surface area contributed by atoms with Crippen molar-refractivity contribution in [1.29, 1.82) is 0 Å². The van der Waals surface area contributed by atoms with Crippen molar-refractivity contribution in [1.82, 2.24) is 0 Å². The van der Waals surface area contributed by atoms with Gasteiger partial charge in [-0.1, -0.05) is 278 Å². The first-order valence-corrected chi connectivity index (χ1v) is 33.4. The molecule has 0 aromatic carbocycles. The summed E-state index contributed by atoms with van der Waals surface area (Å²) in [4.78, 5) is 38.4. The van der Waals surface area contributed by atoms with Gasteiger partial charge in [-0.15, -0.1) is 0 Å². The van der Waals surface area contributed by atoms with E-state index in [4.69, 9.17) is 14.2 Å². The molecule has 0 saturated carbocycles. The van der Waals surface area contributed by atoms with Crippen LogP contribution in [-0.4, -0.2) is 37.2 Å². The van der Waals surface area contributed by atoms with Gasteiger partial charge in [0.05, 0.1) is 0 Å². The smallest absolute Gasteiger partial charge is 0.306 e. The van der Waals surface area contributed by atoms with Crippen LogP contribution in [0.2, 0.25) is 0 Å². The van der Waals surface area contributed by atoms with Crippen LogP contribution < -0.4 is 0 Å². The molecule has 0 aliphatic rings. The zero-order valence-corrected chi connectivity index (χ0v) is 51.9. The highest BCUT2D eigenvalue weighted by atomic mass is 16.6. The predicted octanol–water partition coefficient (Wildman–Crippen LogP) is 23.0. The van der Waals surface area contributed by atoms with Crippen molar-refractivity contribution in [3.05, 3.63) is 109 Å². The van der Waals surface area contributed by atoms with Crippen LogP contribution in [0.3, 0.4) is 0 Å². The van der Waals surface area contributed by atoms with E-state index in [1.54, 1.807) is 0 Å². The number of carbonyl (C=O) groups is 3. The summed E-state index contributed by atoms with van der Waals surface area (Å²) >= 11 is 0. The summed E-state index contributed by atoms with van der Waals surface area (Å²) in [5.41, 5.74) is 0. The van der Waals surface area contributed by atoms with Crippen LogP contribution in [0.4, 0.5) is 0 Å². The molecule has 1 atom stereocenters. The SMILES string of the molecule is CC/C=C\C/C=C\C/C=C\C/C=C\C/C=C\C/C=C\CCCCCCCCCCC(=O)OCC(COC(=O)CCCCCCC/C=C\CCCCCCCCC)OC(=O)CCCCCCCCC/C=C\C/C=C\CCCCCC. The molecule has 0 N–H and O–H groups in total. The van der Waals surface area contributed by atoms with E-state index < -0.39 is 6.10 Å². The van der Waals surface area contributed by atoms with Gasteiger partial charge in [-0.3, -0.25) is 14.4 Å². The molecule has 79 heavy (non-hydrogen) atoms. The number of rotatable bonds is 60. The first-order chi connectivity index (χ1) is 39.0. The fourth-order valence-electron chi connectivity index (χ4n) is 9.24. The molecule has 6 heteroatoms. The van der Waals surface area contributed by atoms with Crippen molar-refractivity contribution in [2.45, 2.75) is 322 Å². The molecule has 0 saturated heterocycles. The minimum absolute atomic E-state index is 0.0878. The van der Waals surface area contributed by atoms with Crippen molar-refractivity contribution in [2.75, 3.05) is 13.2 Å². The van der Waals surface area contributed by atoms with E-state index in [9.17, 15) is 14.4 Å². The van der Waals surface area contributed by atoms with Gasteiger partial charge in [0.25, 0.3) is 0 Å². The third-order valence-electron chi connectivity index (χ3n) is 14.2. The van der Waals surface area contributed by atoms with Crippen LogP contribution in [0.5, 0.6) is 0 Å². The number of esters is 3. The maximum Gasteiger partial charge on any atom is 0.306 e. The molecular formula is C73H124O6. The van der Waals surface area contributed by atoms with Gasteiger partial charge in [-0.25, -0.2) is 0 Å². The molecule has 0 rings (SSSR count). The maximum absolute atomic E-state index is 12.9. The number of ether oxygens (including phenoxy) is 3. The third kappa shape index (κ3) is 64.8. The van der Waals surface area contributed by atoms with E-state index in [0.29, 0.717) is 19.3 Å². The molecule has 0 heterocycles. The molecule has 0 bridgehead atoms. The number of carbonyl (C=O) groups excluding carboxylic acids is 3. The fraction of sp³-hybridized carbons (Fsp3) is 0.712. The second-order valence-corrected chi connectivity index (χ2v) is 22.0. The van der Waals surface area contributed by atoms with Crippen LogP contribution >= 0.6 is 0 Å². The number of unbranched alkanes of at least 4 members (excludes halogenated alkanes) is 31. The summed E-state index contributed by atoms with van der Waals surface area (Å²) in [5, 5.41) is 0. The third-order valence-corrected chi connectivity index (χ3v) is 14.2. The van der Waals surface area contributed by atoms with Crippen molar-refractivity contribution in [3.8, 4) is 0 Å². The van der Waals surface area contributed by atoms with Crippen LogP contribution in [0.1, 0.15) is 316 Å². The van der Waals surface area contributed by atoms with Gasteiger partial charge in [0.2, 0.25) is 0 Å². The Morgan fingerprint density at radius 3 is 0.797 bits per heavy atom. The normalized spacial score (nSPS) is 12.8.